The van der Waals surface area contributed by atoms with Crippen molar-refractivity contribution in [1.29, 1.82) is 0 Å². The third kappa shape index (κ3) is 39.6. The molecule has 0 aliphatic heterocycles. The molecule has 0 saturated carbocycles. The van der Waals surface area contributed by atoms with Gasteiger partial charge in [-0.05, 0) is 76.9 Å². The second-order valence-electron chi connectivity index (χ2n) is 19.3. The number of carbonyl (C=O) groups excluding carboxylic acids is 2. The fourth-order valence-electron chi connectivity index (χ4n) is 8.88. The minimum absolute atomic E-state index is 0.0790. The number of hydrogen-bond donors (Lipinski definition) is 1. The number of nitrogens with zero attached hydrogens (tertiary/aromatic N) is 2. The Kier molecular flexibility index (Phi) is 46.9. The molecule has 0 aromatic rings. The van der Waals surface area contributed by atoms with Gasteiger partial charge in [0.05, 0.1) is 0 Å². The Balaban J connectivity index is 4.60. The fourth-order valence-corrected chi connectivity index (χ4v) is 8.88. The molecule has 0 spiro atoms. The molecule has 0 bridgehead atoms. The standard InChI is InChI=1S/C57H107N3O2/c1-7-11-14-16-18-20-22-24-26-28-29-30-31-32-33-34-36-38-40-42-44-46-50-55(61)60(53-48-52-59(5)6)56(54(10-4)49-13-9-3)57(62)58-51-47-45-43-41-39-37-35-27-25-23-21-19-17-15-12-8-2/h54,56H,7-29,34-53H2,1-6H3,(H,58,62). The van der Waals surface area contributed by atoms with Crippen LogP contribution in [0.4, 0.5) is 0 Å². The first kappa shape index (κ1) is 60.0. The van der Waals surface area contributed by atoms with Gasteiger partial charge in [0.15, 0.2) is 0 Å². The van der Waals surface area contributed by atoms with E-state index in [9.17, 15) is 9.59 Å². The Morgan fingerprint density at radius 2 is 0.839 bits per heavy atom. The maximum absolute atomic E-state index is 14.0. The topological polar surface area (TPSA) is 52.7 Å². The first-order valence-corrected chi connectivity index (χ1v) is 27.6. The van der Waals surface area contributed by atoms with Crippen molar-refractivity contribution in [3.05, 3.63) is 0 Å². The molecule has 2 amide bonds. The van der Waals surface area contributed by atoms with Gasteiger partial charge in [-0.15, -0.1) is 0 Å². The molecule has 0 aromatic carbocycles. The summed E-state index contributed by atoms with van der Waals surface area (Å²) in [5.74, 6) is 13.1. The summed E-state index contributed by atoms with van der Waals surface area (Å²) >= 11 is 0. The van der Waals surface area contributed by atoms with E-state index < -0.39 is 0 Å². The summed E-state index contributed by atoms with van der Waals surface area (Å²) in [6, 6.07) is -0.368. The number of hydrogen-bond acceptors (Lipinski definition) is 3. The van der Waals surface area contributed by atoms with Crippen molar-refractivity contribution in [2.75, 3.05) is 33.7 Å². The normalized spacial score (nSPS) is 12.1. The predicted molar refractivity (Wildman–Crippen MR) is 273 cm³/mol. The Hall–Kier alpha value is -1.98. The molecule has 0 heterocycles. The third-order valence-corrected chi connectivity index (χ3v) is 13.0. The summed E-state index contributed by atoms with van der Waals surface area (Å²) < 4.78 is 0. The third-order valence-electron chi connectivity index (χ3n) is 13.0. The zero-order valence-corrected chi connectivity index (χ0v) is 42.8. The largest absolute Gasteiger partial charge is 0.354 e. The Bertz CT molecular complexity index is 1100. The zero-order valence-electron chi connectivity index (χ0n) is 42.8. The lowest BCUT2D eigenvalue weighted by Gasteiger charge is -2.36. The van der Waals surface area contributed by atoms with Gasteiger partial charge in [0.2, 0.25) is 11.8 Å². The monoisotopic (exact) mass is 866 g/mol. The average Bonchev–Trinajstić information content (AvgIpc) is 3.26. The maximum atomic E-state index is 14.0. The van der Waals surface area contributed by atoms with Crippen molar-refractivity contribution in [2.45, 2.75) is 291 Å². The quantitative estimate of drug-likeness (QED) is 0.0490. The maximum Gasteiger partial charge on any atom is 0.243 e. The summed E-state index contributed by atoms with van der Waals surface area (Å²) in [6.07, 6.45) is 49.2. The van der Waals surface area contributed by atoms with E-state index in [0.29, 0.717) is 13.0 Å². The molecule has 362 valence electrons. The predicted octanol–water partition coefficient (Wildman–Crippen LogP) is 16.2. The van der Waals surface area contributed by atoms with E-state index in [1.54, 1.807) is 0 Å². The molecule has 5 heteroatoms. The van der Waals surface area contributed by atoms with Crippen LogP contribution < -0.4 is 5.32 Å². The Morgan fingerprint density at radius 3 is 1.24 bits per heavy atom. The molecule has 0 radical (unpaired) electrons. The highest BCUT2D eigenvalue weighted by molar-refractivity contribution is 5.88. The van der Waals surface area contributed by atoms with Crippen LogP contribution in [0.25, 0.3) is 0 Å². The molecule has 0 saturated heterocycles. The van der Waals surface area contributed by atoms with Gasteiger partial charge in [-0.25, -0.2) is 0 Å². The lowest BCUT2D eigenvalue weighted by atomic mass is 9.89. The van der Waals surface area contributed by atoms with E-state index in [4.69, 9.17) is 0 Å². The van der Waals surface area contributed by atoms with E-state index in [1.165, 1.54) is 173 Å². The molecule has 62 heavy (non-hydrogen) atoms. The van der Waals surface area contributed by atoms with Gasteiger partial charge in [-0.3, -0.25) is 9.59 Å². The Morgan fingerprint density at radius 1 is 0.452 bits per heavy atom. The minimum atomic E-state index is -0.368. The van der Waals surface area contributed by atoms with Crippen LogP contribution in [0.15, 0.2) is 0 Å². The van der Waals surface area contributed by atoms with E-state index in [1.807, 2.05) is 4.90 Å². The molecule has 0 fully saturated rings. The number of nitrogens with one attached hydrogen (secondary N) is 1. The molecule has 2 atom stereocenters. The van der Waals surface area contributed by atoms with Gasteiger partial charge in [0.25, 0.3) is 0 Å². The first-order chi connectivity index (χ1) is 30.4. The minimum Gasteiger partial charge on any atom is -0.354 e. The highest BCUT2D eigenvalue weighted by Crippen LogP contribution is 2.24. The van der Waals surface area contributed by atoms with E-state index in [-0.39, 0.29) is 23.8 Å². The second kappa shape index (κ2) is 48.5. The van der Waals surface area contributed by atoms with Gasteiger partial charge in [-0.1, -0.05) is 239 Å². The molecular formula is C57H107N3O2. The number of carbonyl (C=O) groups is 2. The first-order valence-electron chi connectivity index (χ1n) is 27.6. The molecule has 0 aliphatic carbocycles. The SMILES string of the molecule is CCCCCCCCCCCCC#CC#CCCCCCCCCC(=O)N(CCCN(C)C)C(C(=O)NCCCCCCCCCCCCCCCCCC)C(CC)CCCC. The van der Waals surface area contributed by atoms with Crippen molar-refractivity contribution in [2.24, 2.45) is 5.92 Å². The highest BCUT2D eigenvalue weighted by atomic mass is 16.2. The van der Waals surface area contributed by atoms with Crippen LogP contribution >= 0.6 is 0 Å². The fraction of sp³-hybridized carbons (Fsp3) is 0.895. The lowest BCUT2D eigenvalue weighted by Crippen LogP contribution is -2.54. The van der Waals surface area contributed by atoms with Crippen molar-refractivity contribution in [1.82, 2.24) is 15.1 Å². The van der Waals surface area contributed by atoms with Crippen molar-refractivity contribution in [3.8, 4) is 23.7 Å². The van der Waals surface area contributed by atoms with Crippen LogP contribution in [-0.4, -0.2) is 61.4 Å². The number of unbranched alkanes of at least 4 members (excludes halogenated alkanes) is 32. The van der Waals surface area contributed by atoms with Crippen LogP contribution in [0.2, 0.25) is 0 Å². The molecule has 0 aliphatic rings. The van der Waals surface area contributed by atoms with Crippen molar-refractivity contribution >= 4 is 11.8 Å². The lowest BCUT2D eigenvalue weighted by molar-refractivity contribution is -0.143. The van der Waals surface area contributed by atoms with E-state index in [0.717, 1.165) is 90.1 Å². The van der Waals surface area contributed by atoms with Crippen molar-refractivity contribution in [3.63, 3.8) is 0 Å². The van der Waals surface area contributed by atoms with Crippen LogP contribution in [0.5, 0.6) is 0 Å². The highest BCUT2D eigenvalue weighted by Gasteiger charge is 2.34. The summed E-state index contributed by atoms with van der Waals surface area (Å²) in [6.45, 7) is 11.3. The number of rotatable bonds is 46. The van der Waals surface area contributed by atoms with Crippen LogP contribution in [0.3, 0.4) is 0 Å². The Labute approximate surface area is 389 Å². The summed E-state index contributed by atoms with van der Waals surface area (Å²) in [7, 11) is 4.18. The van der Waals surface area contributed by atoms with Crippen LogP contribution in [0.1, 0.15) is 285 Å². The van der Waals surface area contributed by atoms with Gasteiger partial charge in [-0.2, -0.15) is 0 Å². The second-order valence-corrected chi connectivity index (χ2v) is 19.3. The molecule has 5 nitrogen and oxygen atoms in total. The summed E-state index contributed by atoms with van der Waals surface area (Å²) in [5, 5.41) is 3.33. The zero-order chi connectivity index (χ0) is 45.4. The van der Waals surface area contributed by atoms with E-state index >= 15 is 0 Å². The molecule has 2 unspecified atom stereocenters. The van der Waals surface area contributed by atoms with Crippen LogP contribution in [0, 0.1) is 29.6 Å². The molecule has 0 rings (SSSR count). The molecule has 0 aromatic heterocycles. The molecular weight excluding hydrogens is 759 g/mol. The molecule has 1 N–H and O–H groups in total. The number of amides is 2. The van der Waals surface area contributed by atoms with E-state index in [2.05, 4.69) is 75.7 Å². The smallest absolute Gasteiger partial charge is 0.243 e. The average molecular weight is 867 g/mol. The van der Waals surface area contributed by atoms with Crippen LogP contribution in [-0.2, 0) is 9.59 Å². The van der Waals surface area contributed by atoms with Gasteiger partial charge in [0, 0.05) is 32.4 Å². The summed E-state index contributed by atoms with van der Waals surface area (Å²) in [5.41, 5.74) is 0. The summed E-state index contributed by atoms with van der Waals surface area (Å²) in [4.78, 5) is 32.2. The van der Waals surface area contributed by atoms with Gasteiger partial charge >= 0.3 is 0 Å². The van der Waals surface area contributed by atoms with Gasteiger partial charge in [0.1, 0.15) is 6.04 Å². The van der Waals surface area contributed by atoms with Gasteiger partial charge < -0.3 is 15.1 Å². The van der Waals surface area contributed by atoms with Crippen molar-refractivity contribution < 1.29 is 9.59 Å².